The lowest BCUT2D eigenvalue weighted by molar-refractivity contribution is 0.566. The van der Waals surface area contributed by atoms with Gasteiger partial charge in [-0.25, -0.2) is 22.5 Å². The van der Waals surface area contributed by atoms with E-state index in [1.807, 2.05) is 6.92 Å². The van der Waals surface area contributed by atoms with Crippen molar-refractivity contribution >= 4 is 9.84 Å². The summed E-state index contributed by atoms with van der Waals surface area (Å²) in [6.07, 6.45) is 2.18. The van der Waals surface area contributed by atoms with Crippen molar-refractivity contribution in [1.29, 1.82) is 0 Å². The van der Waals surface area contributed by atoms with E-state index in [-0.39, 0.29) is 10.6 Å². The number of benzene rings is 1. The highest BCUT2D eigenvalue weighted by molar-refractivity contribution is 7.90. The van der Waals surface area contributed by atoms with Crippen LogP contribution in [0.3, 0.4) is 0 Å². The van der Waals surface area contributed by atoms with Crippen molar-refractivity contribution in [3.63, 3.8) is 0 Å². The summed E-state index contributed by atoms with van der Waals surface area (Å²) >= 11 is 0. The van der Waals surface area contributed by atoms with E-state index in [1.165, 1.54) is 18.5 Å². The zero-order valence-electron chi connectivity index (χ0n) is 10.5. The van der Waals surface area contributed by atoms with E-state index in [1.54, 1.807) is 4.68 Å². The van der Waals surface area contributed by atoms with Crippen LogP contribution in [-0.2, 0) is 22.1 Å². The number of aryl methyl sites for hydroxylation is 1. The van der Waals surface area contributed by atoms with Gasteiger partial charge in [0.25, 0.3) is 0 Å². The maximum Gasteiger partial charge on any atom is 0.185 e. The van der Waals surface area contributed by atoms with Crippen LogP contribution in [0.1, 0.15) is 19.2 Å². The SMILES string of the molecule is CCCn1ncnc1CS(=O)(=O)c1ccc(F)cc1. The minimum Gasteiger partial charge on any atom is -0.249 e. The van der Waals surface area contributed by atoms with E-state index >= 15 is 0 Å². The quantitative estimate of drug-likeness (QED) is 0.785. The van der Waals surface area contributed by atoms with Crippen molar-refractivity contribution < 1.29 is 12.8 Å². The van der Waals surface area contributed by atoms with Gasteiger partial charge < -0.3 is 0 Å². The third kappa shape index (κ3) is 3.17. The van der Waals surface area contributed by atoms with Crippen molar-refractivity contribution in [3.05, 3.63) is 42.2 Å². The van der Waals surface area contributed by atoms with Crippen LogP contribution in [0.2, 0.25) is 0 Å². The second-order valence-electron chi connectivity index (χ2n) is 4.11. The van der Waals surface area contributed by atoms with E-state index in [0.717, 1.165) is 18.6 Å². The Hall–Kier alpha value is -1.76. The van der Waals surface area contributed by atoms with Gasteiger partial charge in [0.05, 0.1) is 4.90 Å². The Labute approximate surface area is 111 Å². The largest absolute Gasteiger partial charge is 0.249 e. The van der Waals surface area contributed by atoms with Crippen molar-refractivity contribution in [2.75, 3.05) is 0 Å². The molecular weight excluding hydrogens is 269 g/mol. The van der Waals surface area contributed by atoms with Crippen molar-refractivity contribution in [2.24, 2.45) is 0 Å². The second-order valence-corrected chi connectivity index (χ2v) is 6.10. The highest BCUT2D eigenvalue weighted by Crippen LogP contribution is 2.15. The zero-order chi connectivity index (χ0) is 13.9. The van der Waals surface area contributed by atoms with Crippen molar-refractivity contribution in [3.8, 4) is 0 Å². The monoisotopic (exact) mass is 283 g/mol. The lowest BCUT2D eigenvalue weighted by Gasteiger charge is -2.06. The molecular formula is C12H14FN3O2S. The Morgan fingerprint density at radius 3 is 2.58 bits per heavy atom. The van der Waals surface area contributed by atoms with Crippen LogP contribution < -0.4 is 0 Å². The first-order valence-electron chi connectivity index (χ1n) is 5.88. The Morgan fingerprint density at radius 2 is 1.95 bits per heavy atom. The average molecular weight is 283 g/mol. The molecule has 0 radical (unpaired) electrons. The number of sulfone groups is 1. The minimum atomic E-state index is -3.53. The minimum absolute atomic E-state index is 0.0833. The van der Waals surface area contributed by atoms with Gasteiger partial charge in [0.1, 0.15) is 23.7 Å². The molecule has 0 fully saturated rings. The molecule has 0 aliphatic rings. The predicted octanol–water partition coefficient (Wildman–Crippen LogP) is 1.80. The molecule has 2 aromatic rings. The molecule has 1 aromatic heterocycles. The molecule has 0 bridgehead atoms. The molecule has 2 rings (SSSR count). The maximum absolute atomic E-state index is 12.8. The van der Waals surface area contributed by atoms with Crippen LogP contribution in [0.5, 0.6) is 0 Å². The van der Waals surface area contributed by atoms with Crippen LogP contribution in [0.25, 0.3) is 0 Å². The van der Waals surface area contributed by atoms with E-state index in [9.17, 15) is 12.8 Å². The molecule has 1 aromatic carbocycles. The fourth-order valence-electron chi connectivity index (χ4n) is 1.69. The number of hydrogen-bond donors (Lipinski definition) is 0. The van der Waals surface area contributed by atoms with Crippen LogP contribution in [0.15, 0.2) is 35.5 Å². The number of nitrogens with zero attached hydrogens (tertiary/aromatic N) is 3. The second kappa shape index (κ2) is 5.48. The summed E-state index contributed by atoms with van der Waals surface area (Å²) in [7, 11) is -3.53. The van der Waals surface area contributed by atoms with Gasteiger partial charge in [0, 0.05) is 6.54 Å². The molecule has 0 saturated heterocycles. The van der Waals surface area contributed by atoms with E-state index < -0.39 is 15.7 Å². The molecule has 0 aliphatic carbocycles. The molecule has 0 aliphatic heterocycles. The average Bonchev–Trinajstić information content (AvgIpc) is 2.77. The Balaban J connectivity index is 2.26. The summed E-state index contributed by atoms with van der Waals surface area (Å²) in [5, 5.41) is 3.98. The number of rotatable bonds is 5. The number of aromatic nitrogens is 3. The molecule has 0 atom stereocenters. The third-order valence-corrected chi connectivity index (χ3v) is 4.25. The highest BCUT2D eigenvalue weighted by Gasteiger charge is 2.18. The van der Waals surface area contributed by atoms with Crippen LogP contribution in [-0.4, -0.2) is 23.2 Å². The normalized spacial score (nSPS) is 11.7. The van der Waals surface area contributed by atoms with Gasteiger partial charge in [0.2, 0.25) is 0 Å². The number of hydrogen-bond acceptors (Lipinski definition) is 4. The van der Waals surface area contributed by atoms with E-state index in [4.69, 9.17) is 0 Å². The standard InChI is InChI=1S/C12H14FN3O2S/c1-2-7-16-12(14-9-15-16)8-19(17,18)11-5-3-10(13)4-6-11/h3-6,9H,2,7-8H2,1H3. The molecule has 0 unspecified atom stereocenters. The summed E-state index contributed by atoms with van der Waals surface area (Å²) in [5.41, 5.74) is 0. The Morgan fingerprint density at radius 1 is 1.26 bits per heavy atom. The fourth-order valence-corrected chi connectivity index (χ4v) is 2.97. The first kappa shape index (κ1) is 13.7. The molecule has 0 spiro atoms. The zero-order valence-corrected chi connectivity index (χ0v) is 11.3. The molecule has 5 nitrogen and oxygen atoms in total. The van der Waals surface area contributed by atoms with E-state index in [2.05, 4.69) is 10.1 Å². The number of halogens is 1. The topological polar surface area (TPSA) is 64.8 Å². The van der Waals surface area contributed by atoms with Gasteiger partial charge in [-0.1, -0.05) is 6.92 Å². The molecule has 7 heteroatoms. The van der Waals surface area contributed by atoms with Gasteiger partial charge in [0.15, 0.2) is 9.84 Å². The Kier molecular flexibility index (Phi) is 3.94. The first-order valence-corrected chi connectivity index (χ1v) is 7.53. The van der Waals surface area contributed by atoms with E-state index in [0.29, 0.717) is 12.4 Å². The highest BCUT2D eigenvalue weighted by atomic mass is 32.2. The lowest BCUT2D eigenvalue weighted by atomic mass is 10.4. The summed E-state index contributed by atoms with van der Waals surface area (Å²) in [5.74, 6) is -0.308. The fraction of sp³-hybridized carbons (Fsp3) is 0.333. The smallest absolute Gasteiger partial charge is 0.185 e. The Bertz CT molecular complexity index is 650. The van der Waals surface area contributed by atoms with Gasteiger partial charge >= 0.3 is 0 Å². The van der Waals surface area contributed by atoms with Gasteiger partial charge in [-0.15, -0.1) is 0 Å². The summed E-state index contributed by atoms with van der Waals surface area (Å²) in [6.45, 7) is 2.59. The van der Waals surface area contributed by atoms with Gasteiger partial charge in [-0.3, -0.25) is 0 Å². The van der Waals surface area contributed by atoms with Crippen molar-refractivity contribution in [2.45, 2.75) is 30.5 Å². The summed E-state index contributed by atoms with van der Waals surface area (Å²) < 4.78 is 38.7. The van der Waals surface area contributed by atoms with Crippen molar-refractivity contribution in [1.82, 2.24) is 14.8 Å². The van der Waals surface area contributed by atoms with Gasteiger partial charge in [-0.05, 0) is 30.7 Å². The molecule has 1 heterocycles. The molecule has 19 heavy (non-hydrogen) atoms. The van der Waals surface area contributed by atoms with Crippen LogP contribution >= 0.6 is 0 Å². The lowest BCUT2D eigenvalue weighted by Crippen LogP contribution is -2.12. The maximum atomic E-state index is 12.8. The third-order valence-electron chi connectivity index (χ3n) is 2.62. The molecule has 0 saturated carbocycles. The molecule has 0 amide bonds. The molecule has 102 valence electrons. The molecule has 0 N–H and O–H groups in total. The summed E-state index contributed by atoms with van der Waals surface area (Å²) in [6, 6.07) is 4.77. The van der Waals surface area contributed by atoms with Gasteiger partial charge in [-0.2, -0.15) is 5.10 Å². The summed E-state index contributed by atoms with van der Waals surface area (Å²) in [4.78, 5) is 4.04. The van der Waals surface area contributed by atoms with Crippen LogP contribution in [0, 0.1) is 5.82 Å². The van der Waals surface area contributed by atoms with Crippen LogP contribution in [0.4, 0.5) is 4.39 Å². The predicted molar refractivity (Wildman–Crippen MR) is 67.6 cm³/mol. The first-order chi connectivity index (χ1) is 9.03.